The van der Waals surface area contributed by atoms with E-state index in [4.69, 9.17) is 14.0 Å². The van der Waals surface area contributed by atoms with Crippen molar-refractivity contribution in [3.8, 4) is 5.88 Å². The highest BCUT2D eigenvalue weighted by atomic mass is 32.2. The van der Waals surface area contributed by atoms with E-state index in [0.717, 1.165) is 0 Å². The van der Waals surface area contributed by atoms with Gasteiger partial charge in [0.1, 0.15) is 12.4 Å². The molecule has 0 bridgehead atoms. The van der Waals surface area contributed by atoms with Crippen LogP contribution in [0.1, 0.15) is 11.5 Å². The summed E-state index contributed by atoms with van der Waals surface area (Å²) < 4.78 is 39.8. The summed E-state index contributed by atoms with van der Waals surface area (Å²) in [6.45, 7) is 0.135. The largest absolute Gasteiger partial charge is 0.481 e. The van der Waals surface area contributed by atoms with E-state index < -0.39 is 15.9 Å². The van der Waals surface area contributed by atoms with Crippen molar-refractivity contribution in [3.05, 3.63) is 17.6 Å². The lowest BCUT2D eigenvalue weighted by Gasteiger charge is -2.05. The number of nitrogens with zero attached hydrogens (tertiary/aromatic N) is 2. The Kier molecular flexibility index (Phi) is 4.16. The van der Waals surface area contributed by atoms with Gasteiger partial charge in [0.2, 0.25) is 5.88 Å². The molecule has 1 aromatic rings. The summed E-state index contributed by atoms with van der Waals surface area (Å²) in [5.74, 6) is -0.0658. The van der Waals surface area contributed by atoms with E-state index in [1.165, 1.54) is 20.3 Å². The second kappa shape index (κ2) is 5.19. The molecule has 0 aromatic carbocycles. The Balaban J connectivity index is 3.04. The molecule has 8 heteroatoms. The second-order valence-electron chi connectivity index (χ2n) is 2.98. The molecule has 0 saturated carbocycles. The van der Waals surface area contributed by atoms with E-state index in [2.05, 4.69) is 9.97 Å². The average molecular weight is 248 g/mol. The number of hydrogen-bond acceptors (Lipinski definition) is 6. The van der Waals surface area contributed by atoms with Crippen molar-refractivity contribution in [2.45, 2.75) is 12.4 Å². The molecule has 1 N–H and O–H groups in total. The minimum absolute atomic E-state index is 0.135. The zero-order chi connectivity index (χ0) is 12.2. The maximum Gasteiger partial charge on any atom is 0.270 e. The highest BCUT2D eigenvalue weighted by Crippen LogP contribution is 2.11. The molecule has 0 aliphatic heterocycles. The number of ether oxygens (including phenoxy) is 2. The Hall–Kier alpha value is -1.25. The van der Waals surface area contributed by atoms with E-state index in [1.807, 2.05) is 0 Å². The SMILES string of the molecule is COCc1nc(CS(=O)(=O)O)cc(OC)n1. The number of methoxy groups -OCH3 is 2. The fourth-order valence-corrected chi connectivity index (χ4v) is 1.61. The van der Waals surface area contributed by atoms with Gasteiger partial charge < -0.3 is 9.47 Å². The molecule has 90 valence electrons. The molecule has 1 aromatic heterocycles. The van der Waals surface area contributed by atoms with Crippen LogP contribution >= 0.6 is 0 Å². The molecular weight excluding hydrogens is 236 g/mol. The highest BCUT2D eigenvalue weighted by Gasteiger charge is 2.11. The summed E-state index contributed by atoms with van der Waals surface area (Å²) in [5, 5.41) is 0. The lowest BCUT2D eigenvalue weighted by molar-refractivity contribution is 0.176. The fraction of sp³-hybridized carbons (Fsp3) is 0.500. The zero-order valence-corrected chi connectivity index (χ0v) is 9.69. The van der Waals surface area contributed by atoms with Gasteiger partial charge in [-0.25, -0.2) is 4.98 Å². The molecule has 0 aliphatic carbocycles. The minimum atomic E-state index is -4.12. The lowest BCUT2D eigenvalue weighted by atomic mass is 10.4. The summed E-state index contributed by atoms with van der Waals surface area (Å²) >= 11 is 0. The zero-order valence-electron chi connectivity index (χ0n) is 8.87. The van der Waals surface area contributed by atoms with Gasteiger partial charge >= 0.3 is 0 Å². The fourth-order valence-electron chi connectivity index (χ4n) is 1.08. The van der Waals surface area contributed by atoms with Crippen LogP contribution < -0.4 is 4.74 Å². The van der Waals surface area contributed by atoms with Crippen molar-refractivity contribution in [1.82, 2.24) is 9.97 Å². The summed E-state index contributed by atoms with van der Waals surface area (Å²) in [7, 11) is -1.26. The summed E-state index contributed by atoms with van der Waals surface area (Å²) in [5.41, 5.74) is 0.154. The van der Waals surface area contributed by atoms with Gasteiger partial charge in [0.25, 0.3) is 10.1 Å². The van der Waals surface area contributed by atoms with Gasteiger partial charge in [-0.3, -0.25) is 4.55 Å². The van der Waals surface area contributed by atoms with Crippen LogP contribution in [0.5, 0.6) is 5.88 Å². The van der Waals surface area contributed by atoms with Gasteiger partial charge in [-0.1, -0.05) is 0 Å². The molecule has 0 spiro atoms. The van der Waals surface area contributed by atoms with E-state index >= 15 is 0 Å². The third-order valence-corrected chi connectivity index (χ3v) is 2.28. The monoisotopic (exact) mass is 248 g/mol. The van der Waals surface area contributed by atoms with Gasteiger partial charge in [-0.2, -0.15) is 13.4 Å². The Morgan fingerprint density at radius 1 is 1.38 bits per heavy atom. The van der Waals surface area contributed by atoms with Crippen molar-refractivity contribution < 1.29 is 22.4 Å². The number of aromatic nitrogens is 2. The molecule has 0 unspecified atom stereocenters. The summed E-state index contributed by atoms with van der Waals surface area (Å²) in [6.07, 6.45) is 0. The van der Waals surface area contributed by atoms with Crippen molar-refractivity contribution in [3.63, 3.8) is 0 Å². The van der Waals surface area contributed by atoms with Crippen molar-refractivity contribution in [1.29, 1.82) is 0 Å². The smallest absolute Gasteiger partial charge is 0.270 e. The summed E-state index contributed by atoms with van der Waals surface area (Å²) in [4.78, 5) is 7.84. The molecule has 16 heavy (non-hydrogen) atoms. The quantitative estimate of drug-likeness (QED) is 0.733. The molecule has 1 rings (SSSR count). The minimum Gasteiger partial charge on any atom is -0.481 e. The van der Waals surface area contributed by atoms with Crippen molar-refractivity contribution in [2.24, 2.45) is 0 Å². The molecule has 0 fully saturated rings. The normalized spacial score (nSPS) is 11.4. The first-order valence-corrected chi connectivity index (χ1v) is 5.90. The predicted octanol–water partition coefficient (Wildman–Crippen LogP) is 0.0194. The van der Waals surface area contributed by atoms with Gasteiger partial charge in [0.15, 0.2) is 5.82 Å². The highest BCUT2D eigenvalue weighted by molar-refractivity contribution is 7.85. The first kappa shape index (κ1) is 12.8. The van der Waals surface area contributed by atoms with Crippen molar-refractivity contribution >= 4 is 10.1 Å². The van der Waals surface area contributed by atoms with E-state index in [1.54, 1.807) is 0 Å². The first-order chi connectivity index (χ1) is 7.44. The average Bonchev–Trinajstić information content (AvgIpc) is 2.15. The van der Waals surface area contributed by atoms with Gasteiger partial charge in [0.05, 0.1) is 12.8 Å². The Morgan fingerprint density at radius 2 is 2.06 bits per heavy atom. The van der Waals surface area contributed by atoms with Gasteiger partial charge in [-0.15, -0.1) is 0 Å². The van der Waals surface area contributed by atoms with Crippen LogP contribution in [0.2, 0.25) is 0 Å². The topological polar surface area (TPSA) is 98.6 Å². The number of rotatable bonds is 5. The molecule has 0 aliphatic rings. The van der Waals surface area contributed by atoms with Crippen LogP contribution in [0.3, 0.4) is 0 Å². The van der Waals surface area contributed by atoms with Crippen LogP contribution in [-0.2, 0) is 27.2 Å². The van der Waals surface area contributed by atoms with Gasteiger partial charge in [-0.05, 0) is 0 Å². The van der Waals surface area contributed by atoms with Crippen LogP contribution in [0.15, 0.2) is 6.07 Å². The Morgan fingerprint density at radius 3 is 2.56 bits per heavy atom. The first-order valence-electron chi connectivity index (χ1n) is 4.29. The third kappa shape index (κ3) is 4.09. The Bertz CT molecular complexity index is 459. The maximum absolute atomic E-state index is 10.7. The molecule has 0 amide bonds. The van der Waals surface area contributed by atoms with Crippen LogP contribution in [0, 0.1) is 0 Å². The van der Waals surface area contributed by atoms with E-state index in [-0.39, 0.29) is 18.2 Å². The van der Waals surface area contributed by atoms with E-state index in [0.29, 0.717) is 5.82 Å². The predicted molar refractivity (Wildman–Crippen MR) is 54.5 cm³/mol. The number of hydrogen-bond donors (Lipinski definition) is 1. The van der Waals surface area contributed by atoms with Crippen molar-refractivity contribution in [2.75, 3.05) is 14.2 Å². The second-order valence-corrected chi connectivity index (χ2v) is 4.43. The van der Waals surface area contributed by atoms with Crippen LogP contribution in [-0.4, -0.2) is 37.2 Å². The Labute approximate surface area is 93.2 Å². The molecule has 0 atom stereocenters. The van der Waals surface area contributed by atoms with Crippen LogP contribution in [0.25, 0.3) is 0 Å². The van der Waals surface area contributed by atoms with Crippen LogP contribution in [0.4, 0.5) is 0 Å². The molecule has 0 radical (unpaired) electrons. The standard InChI is InChI=1S/C8H12N2O5S/c1-14-4-7-9-6(5-16(11,12)13)3-8(10-7)15-2/h3H,4-5H2,1-2H3,(H,11,12,13). The molecule has 1 heterocycles. The third-order valence-electron chi connectivity index (χ3n) is 1.61. The lowest BCUT2D eigenvalue weighted by Crippen LogP contribution is -2.08. The molecular formula is C8H12N2O5S. The summed E-state index contributed by atoms with van der Waals surface area (Å²) in [6, 6.07) is 1.34. The molecule has 0 saturated heterocycles. The molecule has 7 nitrogen and oxygen atoms in total. The van der Waals surface area contributed by atoms with E-state index in [9.17, 15) is 8.42 Å². The maximum atomic E-state index is 10.7. The van der Waals surface area contributed by atoms with Gasteiger partial charge in [0, 0.05) is 13.2 Å².